The van der Waals surface area contributed by atoms with Crippen LogP contribution in [0.1, 0.15) is 6.42 Å². The molecular formula is C17H17NO5S. The van der Waals surface area contributed by atoms with Gasteiger partial charge in [-0.2, -0.15) is 0 Å². The van der Waals surface area contributed by atoms with Crippen molar-refractivity contribution in [3.8, 4) is 11.5 Å². The lowest BCUT2D eigenvalue weighted by molar-refractivity contribution is -0.138. The molecule has 3 rings (SSSR count). The first kappa shape index (κ1) is 16.3. The average Bonchev–Trinajstić information content (AvgIpc) is 2.94. The molecule has 1 atom stereocenters. The first-order valence-corrected chi connectivity index (χ1v) is 9.32. The van der Waals surface area contributed by atoms with E-state index in [9.17, 15) is 13.2 Å². The van der Waals surface area contributed by atoms with Crippen LogP contribution in [0.2, 0.25) is 0 Å². The maximum atomic E-state index is 11.4. The fourth-order valence-electron chi connectivity index (χ4n) is 2.34. The lowest BCUT2D eigenvalue weighted by Crippen LogP contribution is -2.24. The largest absolute Gasteiger partial charge is 0.464 e. The SMILES string of the molecule is CS(=O)(=O)c1ccc(Oc2ccc(NC3CCOC3=O)cc2)cc1. The number of sulfone groups is 1. The number of carbonyl (C=O) groups excluding carboxylic acids is 1. The number of cyclic esters (lactones) is 1. The van der Waals surface area contributed by atoms with Crippen LogP contribution in [-0.2, 0) is 19.4 Å². The molecule has 1 aliphatic rings. The van der Waals surface area contributed by atoms with Gasteiger partial charge in [-0.05, 0) is 48.5 Å². The predicted molar refractivity (Wildman–Crippen MR) is 89.1 cm³/mol. The minimum Gasteiger partial charge on any atom is -0.464 e. The Morgan fingerprint density at radius 2 is 1.62 bits per heavy atom. The van der Waals surface area contributed by atoms with E-state index < -0.39 is 9.84 Å². The summed E-state index contributed by atoms with van der Waals surface area (Å²) in [6.07, 6.45) is 1.82. The van der Waals surface area contributed by atoms with Gasteiger partial charge in [-0.1, -0.05) is 0 Å². The smallest absolute Gasteiger partial charge is 0.328 e. The maximum absolute atomic E-state index is 11.4. The zero-order valence-electron chi connectivity index (χ0n) is 13.1. The van der Waals surface area contributed by atoms with E-state index >= 15 is 0 Å². The lowest BCUT2D eigenvalue weighted by atomic mass is 10.2. The van der Waals surface area contributed by atoms with E-state index in [0.29, 0.717) is 24.5 Å². The van der Waals surface area contributed by atoms with Crippen LogP contribution in [0.25, 0.3) is 0 Å². The van der Waals surface area contributed by atoms with Crippen molar-refractivity contribution in [3.05, 3.63) is 48.5 Å². The van der Waals surface area contributed by atoms with Crippen LogP contribution in [0.3, 0.4) is 0 Å². The maximum Gasteiger partial charge on any atom is 0.328 e. The van der Waals surface area contributed by atoms with Gasteiger partial charge in [0.05, 0.1) is 11.5 Å². The second-order valence-corrected chi connectivity index (χ2v) is 7.54. The Morgan fingerprint density at radius 1 is 1.04 bits per heavy atom. The summed E-state index contributed by atoms with van der Waals surface area (Å²) in [5, 5.41) is 3.11. The number of benzene rings is 2. The summed E-state index contributed by atoms with van der Waals surface area (Å²) in [7, 11) is -3.22. The zero-order valence-corrected chi connectivity index (χ0v) is 13.9. The molecule has 6 nitrogen and oxygen atoms in total. The Labute approximate surface area is 140 Å². The molecule has 7 heteroatoms. The minimum absolute atomic E-state index is 0.235. The lowest BCUT2D eigenvalue weighted by Gasteiger charge is -2.11. The second-order valence-electron chi connectivity index (χ2n) is 5.52. The van der Waals surface area contributed by atoms with E-state index in [1.807, 2.05) is 12.1 Å². The van der Waals surface area contributed by atoms with Crippen LogP contribution in [0.15, 0.2) is 53.4 Å². The summed E-state index contributed by atoms with van der Waals surface area (Å²) in [4.78, 5) is 11.7. The molecule has 0 spiro atoms. The summed E-state index contributed by atoms with van der Waals surface area (Å²) in [5.74, 6) is 0.922. The van der Waals surface area contributed by atoms with Crippen molar-refractivity contribution in [1.29, 1.82) is 0 Å². The van der Waals surface area contributed by atoms with Crippen molar-refractivity contribution < 1.29 is 22.7 Å². The van der Waals surface area contributed by atoms with Crippen LogP contribution < -0.4 is 10.1 Å². The van der Waals surface area contributed by atoms with Gasteiger partial charge in [-0.25, -0.2) is 13.2 Å². The van der Waals surface area contributed by atoms with Crippen molar-refractivity contribution in [3.63, 3.8) is 0 Å². The number of carbonyl (C=O) groups is 1. The highest BCUT2D eigenvalue weighted by Gasteiger charge is 2.25. The Kier molecular flexibility index (Phi) is 4.44. The third kappa shape index (κ3) is 3.86. The van der Waals surface area contributed by atoms with Crippen molar-refractivity contribution in [1.82, 2.24) is 0 Å². The topological polar surface area (TPSA) is 81.7 Å². The van der Waals surface area contributed by atoms with Gasteiger partial charge < -0.3 is 14.8 Å². The number of nitrogens with one attached hydrogen (secondary N) is 1. The molecule has 1 N–H and O–H groups in total. The van der Waals surface area contributed by atoms with Gasteiger partial charge in [-0.3, -0.25) is 0 Å². The monoisotopic (exact) mass is 347 g/mol. The van der Waals surface area contributed by atoms with E-state index in [-0.39, 0.29) is 16.9 Å². The summed E-state index contributed by atoms with van der Waals surface area (Å²) in [5.41, 5.74) is 0.804. The third-order valence-corrected chi connectivity index (χ3v) is 4.75. The van der Waals surface area contributed by atoms with Crippen molar-refractivity contribution in [2.75, 3.05) is 18.2 Å². The zero-order chi connectivity index (χ0) is 17.2. The predicted octanol–water partition coefficient (Wildman–Crippen LogP) is 2.61. The Bertz CT molecular complexity index is 828. The molecule has 0 saturated carbocycles. The molecule has 0 radical (unpaired) electrons. The third-order valence-electron chi connectivity index (χ3n) is 3.62. The van der Waals surface area contributed by atoms with Gasteiger partial charge in [0.15, 0.2) is 9.84 Å². The Balaban J connectivity index is 1.64. The summed E-state index contributed by atoms with van der Waals surface area (Å²) in [6.45, 7) is 0.446. The van der Waals surface area contributed by atoms with Crippen molar-refractivity contribution >= 4 is 21.5 Å². The number of esters is 1. The summed E-state index contributed by atoms with van der Waals surface area (Å²) >= 11 is 0. The molecule has 0 aliphatic carbocycles. The van der Waals surface area contributed by atoms with Gasteiger partial charge in [-0.15, -0.1) is 0 Å². The minimum atomic E-state index is -3.22. The molecule has 0 amide bonds. The molecular weight excluding hydrogens is 330 g/mol. The molecule has 24 heavy (non-hydrogen) atoms. The molecule has 0 aromatic heterocycles. The van der Waals surface area contributed by atoms with Crippen molar-refractivity contribution in [2.24, 2.45) is 0 Å². The number of rotatable bonds is 5. The highest BCUT2D eigenvalue weighted by atomic mass is 32.2. The van der Waals surface area contributed by atoms with Crippen LogP contribution in [0.5, 0.6) is 11.5 Å². The quantitative estimate of drug-likeness (QED) is 0.837. The molecule has 1 unspecified atom stereocenters. The Morgan fingerprint density at radius 3 is 2.12 bits per heavy atom. The van der Waals surface area contributed by atoms with Crippen LogP contribution in [0, 0.1) is 0 Å². The first-order valence-electron chi connectivity index (χ1n) is 7.43. The number of anilines is 1. The first-order chi connectivity index (χ1) is 11.4. The van der Waals surface area contributed by atoms with Gasteiger partial charge in [0.2, 0.25) is 0 Å². The highest BCUT2D eigenvalue weighted by molar-refractivity contribution is 7.90. The van der Waals surface area contributed by atoms with E-state index in [2.05, 4.69) is 5.32 Å². The number of hydrogen-bond donors (Lipinski definition) is 1. The van der Waals surface area contributed by atoms with E-state index in [1.54, 1.807) is 24.3 Å². The fourth-order valence-corrected chi connectivity index (χ4v) is 2.97. The fraction of sp³-hybridized carbons (Fsp3) is 0.235. The summed E-state index contributed by atoms with van der Waals surface area (Å²) in [6, 6.07) is 13.1. The molecule has 1 fully saturated rings. The van der Waals surface area contributed by atoms with Gasteiger partial charge >= 0.3 is 5.97 Å². The number of hydrogen-bond acceptors (Lipinski definition) is 6. The molecule has 1 aliphatic heterocycles. The van der Waals surface area contributed by atoms with Gasteiger partial charge in [0, 0.05) is 18.4 Å². The van der Waals surface area contributed by atoms with E-state index in [0.717, 1.165) is 11.9 Å². The van der Waals surface area contributed by atoms with Gasteiger partial charge in [0.25, 0.3) is 0 Å². The molecule has 0 bridgehead atoms. The average molecular weight is 347 g/mol. The summed E-state index contributed by atoms with van der Waals surface area (Å²) < 4.78 is 33.4. The molecule has 1 heterocycles. The normalized spacial score (nSPS) is 17.4. The Hall–Kier alpha value is -2.54. The highest BCUT2D eigenvalue weighted by Crippen LogP contribution is 2.25. The molecule has 126 valence electrons. The number of ether oxygens (including phenoxy) is 2. The van der Waals surface area contributed by atoms with Gasteiger partial charge in [0.1, 0.15) is 17.5 Å². The van der Waals surface area contributed by atoms with Crippen molar-refractivity contribution in [2.45, 2.75) is 17.4 Å². The molecule has 2 aromatic carbocycles. The standard InChI is InChI=1S/C17H17NO5S/c1-24(20,21)15-8-6-14(7-9-15)23-13-4-2-12(3-5-13)18-16-10-11-22-17(16)19/h2-9,16,18H,10-11H2,1H3. The second kappa shape index (κ2) is 6.52. The van der Waals surface area contributed by atoms with Crippen LogP contribution >= 0.6 is 0 Å². The van der Waals surface area contributed by atoms with E-state index in [4.69, 9.17) is 9.47 Å². The van der Waals surface area contributed by atoms with Crippen LogP contribution in [0.4, 0.5) is 5.69 Å². The molecule has 1 saturated heterocycles. The molecule has 2 aromatic rings. The van der Waals surface area contributed by atoms with E-state index in [1.165, 1.54) is 12.1 Å². The van der Waals surface area contributed by atoms with Crippen LogP contribution in [-0.4, -0.2) is 33.3 Å².